The lowest BCUT2D eigenvalue weighted by Crippen LogP contribution is -2.36. The second kappa shape index (κ2) is 10.9. The van der Waals surface area contributed by atoms with E-state index in [9.17, 15) is 9.59 Å². The Hall–Kier alpha value is -2.16. The molecule has 1 aromatic carbocycles. The molecular weight excluding hydrogens is 388 g/mol. The predicted octanol–water partition coefficient (Wildman–Crippen LogP) is 3.62. The average Bonchev–Trinajstić information content (AvgIpc) is 3.11. The van der Waals surface area contributed by atoms with Gasteiger partial charge in [-0.3, -0.25) is 4.79 Å². The van der Waals surface area contributed by atoms with Crippen LogP contribution < -0.4 is 10.6 Å². The molecule has 0 aliphatic carbocycles. The monoisotopic (exact) mass is 410 g/mol. The number of benzene rings is 1. The zero-order valence-electron chi connectivity index (χ0n) is 15.3. The number of nitrogens with one attached hydrogen (secondary N) is 2. The van der Waals surface area contributed by atoms with Crippen LogP contribution in [0.25, 0.3) is 0 Å². The number of aromatic nitrogens is 1. The minimum absolute atomic E-state index is 0.203. The van der Waals surface area contributed by atoms with Crippen LogP contribution in [0.4, 0.5) is 10.5 Å². The van der Waals surface area contributed by atoms with E-state index in [0.29, 0.717) is 41.1 Å². The van der Waals surface area contributed by atoms with E-state index in [1.165, 1.54) is 11.3 Å². The minimum Gasteiger partial charge on any atom is -0.383 e. The smallest absolute Gasteiger partial charge is 0.322 e. The number of hydrogen-bond acceptors (Lipinski definition) is 5. The first kappa shape index (κ1) is 21.1. The van der Waals surface area contributed by atoms with Gasteiger partial charge in [-0.15, -0.1) is 11.3 Å². The number of halogens is 1. The predicted molar refractivity (Wildman–Crippen MR) is 107 cm³/mol. The van der Waals surface area contributed by atoms with Gasteiger partial charge in [0.1, 0.15) is 10.7 Å². The van der Waals surface area contributed by atoms with Crippen LogP contribution in [0.1, 0.15) is 28.8 Å². The number of nitrogens with zero attached hydrogens (tertiary/aromatic N) is 2. The van der Waals surface area contributed by atoms with Crippen molar-refractivity contribution in [3.63, 3.8) is 0 Å². The second-order valence-corrected chi connectivity index (χ2v) is 7.12. The second-order valence-electron chi connectivity index (χ2n) is 5.74. The summed E-state index contributed by atoms with van der Waals surface area (Å²) in [4.78, 5) is 30.5. The number of rotatable bonds is 9. The maximum Gasteiger partial charge on any atom is 0.322 e. The summed E-state index contributed by atoms with van der Waals surface area (Å²) in [6.45, 7) is 3.65. The zero-order chi connectivity index (χ0) is 19.6. The minimum atomic E-state index is -0.290. The van der Waals surface area contributed by atoms with Crippen LogP contribution in [-0.2, 0) is 11.3 Å². The molecule has 0 fully saturated rings. The summed E-state index contributed by atoms with van der Waals surface area (Å²) in [5.74, 6) is -0.203. The highest BCUT2D eigenvalue weighted by Gasteiger charge is 2.17. The van der Waals surface area contributed by atoms with Crippen LogP contribution in [0.15, 0.2) is 29.6 Å². The van der Waals surface area contributed by atoms with Gasteiger partial charge in [0.15, 0.2) is 0 Å². The number of ether oxygens (including phenoxy) is 1. The fourth-order valence-corrected chi connectivity index (χ4v) is 3.18. The maximum absolute atomic E-state index is 12.6. The number of urea groups is 1. The summed E-state index contributed by atoms with van der Waals surface area (Å²) in [6, 6.07) is 6.65. The SMILES string of the molecule is CCCNC(=O)c1csc(CN(CCOC)C(=O)Nc2cccc(Cl)c2)n1. The standard InChI is InChI=1S/C18H23ClN4O3S/c1-3-7-20-17(24)15-12-27-16(22-15)11-23(8-9-26-2)18(25)21-14-6-4-5-13(19)10-14/h4-6,10,12H,3,7-9,11H2,1-2H3,(H,20,24)(H,21,25). The first-order valence-electron chi connectivity index (χ1n) is 8.56. The van der Waals surface area contributed by atoms with E-state index in [4.69, 9.17) is 16.3 Å². The molecule has 146 valence electrons. The Balaban J connectivity index is 2.04. The van der Waals surface area contributed by atoms with Gasteiger partial charge in [-0.2, -0.15) is 0 Å². The lowest BCUT2D eigenvalue weighted by Gasteiger charge is -2.21. The molecule has 0 bridgehead atoms. The van der Waals surface area contributed by atoms with Crippen LogP contribution in [0, 0.1) is 0 Å². The van der Waals surface area contributed by atoms with Crippen LogP contribution in [-0.4, -0.2) is 48.6 Å². The number of anilines is 1. The van der Waals surface area contributed by atoms with E-state index in [1.807, 2.05) is 6.92 Å². The third-order valence-electron chi connectivity index (χ3n) is 3.57. The molecule has 0 spiro atoms. The highest BCUT2D eigenvalue weighted by molar-refractivity contribution is 7.09. The molecule has 2 aromatic rings. The van der Waals surface area contributed by atoms with Gasteiger partial charge in [0, 0.05) is 36.3 Å². The molecule has 27 heavy (non-hydrogen) atoms. The summed E-state index contributed by atoms with van der Waals surface area (Å²) >= 11 is 7.30. The molecule has 0 aliphatic rings. The first-order chi connectivity index (χ1) is 13.0. The van der Waals surface area contributed by atoms with Crippen molar-refractivity contribution in [2.45, 2.75) is 19.9 Å². The Labute approximate surface area is 167 Å². The summed E-state index contributed by atoms with van der Waals surface area (Å²) < 4.78 is 5.09. The molecule has 0 radical (unpaired) electrons. The summed E-state index contributed by atoms with van der Waals surface area (Å²) in [7, 11) is 1.58. The molecular formula is C18H23ClN4O3S. The van der Waals surface area contributed by atoms with Crippen molar-refractivity contribution in [1.29, 1.82) is 0 Å². The van der Waals surface area contributed by atoms with Gasteiger partial charge in [-0.05, 0) is 24.6 Å². The lowest BCUT2D eigenvalue weighted by molar-refractivity contribution is 0.0949. The fraction of sp³-hybridized carbons (Fsp3) is 0.389. The van der Waals surface area contributed by atoms with E-state index < -0.39 is 0 Å². The normalized spacial score (nSPS) is 10.5. The van der Waals surface area contributed by atoms with Gasteiger partial charge in [-0.25, -0.2) is 9.78 Å². The molecule has 0 aliphatic heterocycles. The van der Waals surface area contributed by atoms with Gasteiger partial charge in [0.05, 0.1) is 13.2 Å². The zero-order valence-corrected chi connectivity index (χ0v) is 16.9. The third-order valence-corrected chi connectivity index (χ3v) is 4.64. The molecule has 0 atom stereocenters. The number of methoxy groups -OCH3 is 1. The number of carbonyl (C=O) groups is 2. The number of thiazole rings is 1. The molecule has 2 N–H and O–H groups in total. The Morgan fingerprint density at radius 3 is 2.89 bits per heavy atom. The van der Waals surface area contributed by atoms with E-state index in [-0.39, 0.29) is 18.5 Å². The summed E-state index contributed by atoms with van der Waals surface area (Å²) in [6.07, 6.45) is 0.858. The number of carbonyl (C=O) groups excluding carboxylic acids is 2. The van der Waals surface area contributed by atoms with Crippen LogP contribution in [0.3, 0.4) is 0 Å². The molecule has 0 unspecified atom stereocenters. The molecule has 2 rings (SSSR count). The number of hydrogen-bond donors (Lipinski definition) is 2. The molecule has 0 saturated heterocycles. The van der Waals surface area contributed by atoms with Crippen molar-refractivity contribution >= 4 is 40.6 Å². The van der Waals surface area contributed by atoms with E-state index >= 15 is 0 Å². The van der Waals surface area contributed by atoms with Crippen molar-refractivity contribution < 1.29 is 14.3 Å². The van der Waals surface area contributed by atoms with Crippen LogP contribution >= 0.6 is 22.9 Å². The molecule has 3 amide bonds. The molecule has 9 heteroatoms. The molecule has 7 nitrogen and oxygen atoms in total. The van der Waals surface area contributed by atoms with Crippen molar-refractivity contribution in [3.05, 3.63) is 45.4 Å². The van der Waals surface area contributed by atoms with Crippen molar-refractivity contribution in [2.75, 3.05) is 32.1 Å². The molecule has 1 heterocycles. The average molecular weight is 411 g/mol. The quantitative estimate of drug-likeness (QED) is 0.661. The van der Waals surface area contributed by atoms with Gasteiger partial charge in [0.2, 0.25) is 0 Å². The Morgan fingerprint density at radius 2 is 2.19 bits per heavy atom. The van der Waals surface area contributed by atoms with Gasteiger partial charge in [-0.1, -0.05) is 24.6 Å². The summed E-state index contributed by atoms with van der Waals surface area (Å²) in [5.41, 5.74) is 0.971. The Kier molecular flexibility index (Phi) is 8.50. The lowest BCUT2D eigenvalue weighted by atomic mass is 10.3. The van der Waals surface area contributed by atoms with Gasteiger partial charge in [0.25, 0.3) is 5.91 Å². The van der Waals surface area contributed by atoms with Crippen LogP contribution in [0.5, 0.6) is 0 Å². The van der Waals surface area contributed by atoms with Crippen molar-refractivity contribution in [2.24, 2.45) is 0 Å². The van der Waals surface area contributed by atoms with E-state index in [0.717, 1.165) is 6.42 Å². The van der Waals surface area contributed by atoms with Gasteiger partial charge >= 0.3 is 6.03 Å². The van der Waals surface area contributed by atoms with E-state index in [2.05, 4.69) is 15.6 Å². The largest absolute Gasteiger partial charge is 0.383 e. The third kappa shape index (κ3) is 6.82. The number of amides is 3. The van der Waals surface area contributed by atoms with E-state index in [1.54, 1.807) is 41.7 Å². The van der Waals surface area contributed by atoms with Crippen LogP contribution in [0.2, 0.25) is 5.02 Å². The Morgan fingerprint density at radius 1 is 1.37 bits per heavy atom. The van der Waals surface area contributed by atoms with Crippen molar-refractivity contribution in [1.82, 2.24) is 15.2 Å². The summed E-state index contributed by atoms with van der Waals surface area (Å²) in [5, 5.41) is 8.52. The topological polar surface area (TPSA) is 83.6 Å². The Bertz CT molecular complexity index is 769. The molecule has 1 aromatic heterocycles. The first-order valence-corrected chi connectivity index (χ1v) is 9.82. The van der Waals surface area contributed by atoms with Crippen molar-refractivity contribution in [3.8, 4) is 0 Å². The maximum atomic E-state index is 12.6. The highest BCUT2D eigenvalue weighted by atomic mass is 35.5. The molecule has 0 saturated carbocycles. The van der Waals surface area contributed by atoms with Gasteiger partial charge < -0.3 is 20.3 Å². The highest BCUT2D eigenvalue weighted by Crippen LogP contribution is 2.17. The fourth-order valence-electron chi connectivity index (χ4n) is 2.20.